The topological polar surface area (TPSA) is 108 Å². The Morgan fingerprint density at radius 1 is 1.05 bits per heavy atom. The van der Waals surface area contributed by atoms with Crippen LogP contribution < -0.4 is 10.6 Å². The van der Waals surface area contributed by atoms with E-state index in [0.717, 1.165) is 12.0 Å². The Bertz CT molecular complexity index is 1140. The van der Waals surface area contributed by atoms with E-state index in [0.29, 0.717) is 18.5 Å². The molecule has 0 bridgehead atoms. The van der Waals surface area contributed by atoms with Gasteiger partial charge in [-0.15, -0.1) is 0 Å². The van der Waals surface area contributed by atoms with Crippen LogP contribution in [0.4, 0.5) is 0 Å². The van der Waals surface area contributed by atoms with Crippen molar-refractivity contribution in [2.45, 2.75) is 97.8 Å². The molecule has 2 N–H and O–H groups in total. The number of hydrogen-bond donors (Lipinski definition) is 2. The van der Waals surface area contributed by atoms with Crippen molar-refractivity contribution >= 4 is 23.7 Å². The molecule has 3 amide bonds. The first kappa shape index (κ1) is 35.0. The molecule has 1 heterocycles. The van der Waals surface area contributed by atoms with Crippen LogP contribution in [-0.2, 0) is 29.3 Å². The number of benzene rings is 1. The second-order valence-electron chi connectivity index (χ2n) is 13.3. The van der Waals surface area contributed by atoms with Gasteiger partial charge < -0.3 is 25.2 Å². The van der Waals surface area contributed by atoms with E-state index < -0.39 is 41.0 Å². The fourth-order valence-electron chi connectivity index (χ4n) is 5.78. The van der Waals surface area contributed by atoms with Crippen LogP contribution in [0.5, 0.6) is 0 Å². The summed E-state index contributed by atoms with van der Waals surface area (Å²) in [4.78, 5) is 56.6. The van der Waals surface area contributed by atoms with Crippen molar-refractivity contribution in [2.75, 3.05) is 27.7 Å². The third-order valence-corrected chi connectivity index (χ3v) is 8.41. The van der Waals surface area contributed by atoms with Gasteiger partial charge in [0.15, 0.2) is 0 Å². The molecule has 0 aromatic heterocycles. The molecule has 9 nitrogen and oxygen atoms in total. The standard InChI is InChI=1S/C33H52N4O5/c1-21(2)25(20-22(3)29(39)37-19-15-18-24(37)31(41)42-11)36(10)30(40)27(32(4,5)6)35-28(38)26(34-9)33(7,8)23-16-13-12-14-17-23/h12-14,16-17,20-21,24-27,34H,15,18-19H2,1-11H3,(H,35,38)/b22-20+/t24-,25+,26+,27?/m0/s1. The number of carbonyl (C=O) groups excluding carboxylic acids is 4. The largest absolute Gasteiger partial charge is 0.467 e. The summed E-state index contributed by atoms with van der Waals surface area (Å²) in [5, 5.41) is 6.23. The molecule has 42 heavy (non-hydrogen) atoms. The minimum Gasteiger partial charge on any atom is -0.467 e. The Morgan fingerprint density at radius 2 is 1.64 bits per heavy atom. The van der Waals surface area contributed by atoms with Gasteiger partial charge in [0.1, 0.15) is 12.1 Å². The van der Waals surface area contributed by atoms with Crippen LogP contribution in [0, 0.1) is 11.3 Å². The lowest BCUT2D eigenvalue weighted by Crippen LogP contribution is -2.61. The summed E-state index contributed by atoms with van der Waals surface area (Å²) in [5.41, 5.74) is 0.332. The molecule has 1 aromatic carbocycles. The zero-order valence-corrected chi connectivity index (χ0v) is 27.4. The van der Waals surface area contributed by atoms with Crippen LogP contribution in [0.25, 0.3) is 0 Å². The van der Waals surface area contributed by atoms with E-state index in [9.17, 15) is 19.2 Å². The first-order chi connectivity index (χ1) is 19.5. The maximum Gasteiger partial charge on any atom is 0.328 e. The molecule has 1 aliphatic rings. The minimum atomic E-state index is -0.814. The molecule has 9 heteroatoms. The average molecular weight is 585 g/mol. The Balaban J connectivity index is 2.33. The lowest BCUT2D eigenvalue weighted by molar-refractivity contribution is -0.149. The van der Waals surface area contributed by atoms with Gasteiger partial charge in [0.25, 0.3) is 0 Å². The highest BCUT2D eigenvalue weighted by molar-refractivity contribution is 5.96. The second-order valence-corrected chi connectivity index (χ2v) is 13.3. The highest BCUT2D eigenvalue weighted by Crippen LogP contribution is 2.29. The number of hydrogen-bond acceptors (Lipinski definition) is 6. The third kappa shape index (κ3) is 8.00. The summed E-state index contributed by atoms with van der Waals surface area (Å²) in [6.07, 6.45) is 3.10. The Morgan fingerprint density at radius 3 is 2.14 bits per heavy atom. The summed E-state index contributed by atoms with van der Waals surface area (Å²) in [7, 11) is 4.79. The van der Waals surface area contributed by atoms with Gasteiger partial charge in [-0.05, 0) is 43.7 Å². The zero-order chi connectivity index (χ0) is 32.0. The van der Waals surface area contributed by atoms with Gasteiger partial charge in [0.05, 0.1) is 19.2 Å². The van der Waals surface area contributed by atoms with Gasteiger partial charge in [-0.3, -0.25) is 14.4 Å². The first-order valence-electron chi connectivity index (χ1n) is 14.9. The molecule has 1 saturated heterocycles. The molecule has 2 rings (SSSR count). The molecular formula is C33H52N4O5. The van der Waals surface area contributed by atoms with E-state index in [1.54, 1.807) is 36.9 Å². The number of likely N-dealkylation sites (N-methyl/N-ethyl adjacent to an activating group) is 2. The van der Waals surface area contributed by atoms with Crippen molar-refractivity contribution < 1.29 is 23.9 Å². The lowest BCUT2D eigenvalue weighted by Gasteiger charge is -2.40. The molecule has 1 aliphatic heterocycles. The molecular weight excluding hydrogens is 532 g/mol. The van der Waals surface area contributed by atoms with Gasteiger partial charge in [-0.25, -0.2) is 4.79 Å². The second kappa shape index (κ2) is 14.3. The van der Waals surface area contributed by atoms with Crippen molar-refractivity contribution in [2.24, 2.45) is 11.3 Å². The summed E-state index contributed by atoms with van der Waals surface area (Å²) < 4.78 is 4.90. The van der Waals surface area contributed by atoms with Crippen molar-refractivity contribution in [3.63, 3.8) is 0 Å². The third-order valence-electron chi connectivity index (χ3n) is 8.41. The number of likely N-dealkylation sites (tertiary alicyclic amines) is 1. The Hall–Kier alpha value is -3.20. The van der Waals surface area contributed by atoms with Crippen molar-refractivity contribution in [1.82, 2.24) is 20.4 Å². The van der Waals surface area contributed by atoms with E-state index in [1.807, 2.05) is 78.8 Å². The molecule has 0 spiro atoms. The van der Waals surface area contributed by atoms with Crippen molar-refractivity contribution in [3.05, 3.63) is 47.5 Å². The number of methoxy groups -OCH3 is 1. The van der Waals surface area contributed by atoms with Crippen LogP contribution in [0.1, 0.15) is 73.8 Å². The predicted molar refractivity (Wildman–Crippen MR) is 166 cm³/mol. The van der Waals surface area contributed by atoms with Crippen LogP contribution in [-0.4, -0.2) is 85.4 Å². The maximum absolute atomic E-state index is 14.1. The molecule has 0 saturated carbocycles. The van der Waals surface area contributed by atoms with Gasteiger partial charge in [0.2, 0.25) is 17.7 Å². The van der Waals surface area contributed by atoms with E-state index in [-0.39, 0.29) is 23.6 Å². The number of esters is 1. The normalized spacial score (nSPS) is 18.3. The van der Waals surface area contributed by atoms with Crippen LogP contribution >= 0.6 is 0 Å². The molecule has 234 valence electrons. The van der Waals surface area contributed by atoms with Gasteiger partial charge in [-0.2, -0.15) is 0 Å². The number of ether oxygens (including phenoxy) is 1. The summed E-state index contributed by atoms with van der Waals surface area (Å²) in [6.45, 7) is 16.0. The number of carbonyl (C=O) groups is 4. The summed E-state index contributed by atoms with van der Waals surface area (Å²) >= 11 is 0. The number of amides is 3. The van der Waals surface area contributed by atoms with Crippen molar-refractivity contribution in [1.29, 1.82) is 0 Å². The number of nitrogens with one attached hydrogen (secondary N) is 2. The number of nitrogens with zero attached hydrogens (tertiary/aromatic N) is 2. The minimum absolute atomic E-state index is 0.0185. The Kier molecular flexibility index (Phi) is 11.9. The lowest BCUT2D eigenvalue weighted by atomic mass is 9.76. The predicted octanol–water partition coefficient (Wildman–Crippen LogP) is 3.68. The summed E-state index contributed by atoms with van der Waals surface area (Å²) in [5.74, 6) is -1.18. The molecule has 4 atom stereocenters. The first-order valence-corrected chi connectivity index (χ1v) is 14.9. The zero-order valence-electron chi connectivity index (χ0n) is 27.4. The van der Waals surface area contributed by atoms with E-state index >= 15 is 0 Å². The maximum atomic E-state index is 14.1. The van der Waals surface area contributed by atoms with E-state index in [1.165, 1.54) is 7.11 Å². The SMILES string of the molecule is CN[C@H](C(=O)NC(C(=O)N(C)[C@H](/C=C(\C)C(=O)N1CCC[C@H]1C(=O)OC)C(C)C)C(C)(C)C)C(C)(C)c1ccccc1. The van der Waals surface area contributed by atoms with Gasteiger partial charge in [-0.1, -0.05) is 84.9 Å². The quantitative estimate of drug-likeness (QED) is 0.304. The smallest absolute Gasteiger partial charge is 0.328 e. The monoisotopic (exact) mass is 584 g/mol. The van der Waals surface area contributed by atoms with Crippen LogP contribution in [0.15, 0.2) is 42.0 Å². The fourth-order valence-corrected chi connectivity index (χ4v) is 5.78. The molecule has 1 aromatic rings. The van der Waals surface area contributed by atoms with Gasteiger partial charge in [0, 0.05) is 24.6 Å². The van der Waals surface area contributed by atoms with Gasteiger partial charge >= 0.3 is 5.97 Å². The average Bonchev–Trinajstić information content (AvgIpc) is 3.43. The molecule has 0 radical (unpaired) electrons. The highest BCUT2D eigenvalue weighted by atomic mass is 16.5. The van der Waals surface area contributed by atoms with E-state index in [4.69, 9.17) is 4.74 Å². The van der Waals surface area contributed by atoms with Crippen molar-refractivity contribution in [3.8, 4) is 0 Å². The molecule has 1 unspecified atom stereocenters. The van der Waals surface area contributed by atoms with Crippen LogP contribution in [0.2, 0.25) is 0 Å². The number of rotatable bonds is 11. The molecule has 1 fully saturated rings. The fraction of sp³-hybridized carbons (Fsp3) is 0.636. The van der Waals surface area contributed by atoms with Crippen LogP contribution in [0.3, 0.4) is 0 Å². The summed E-state index contributed by atoms with van der Waals surface area (Å²) in [6, 6.07) is 7.42. The Labute approximate surface area is 252 Å². The highest BCUT2D eigenvalue weighted by Gasteiger charge is 2.42. The van der Waals surface area contributed by atoms with E-state index in [2.05, 4.69) is 10.6 Å². The molecule has 0 aliphatic carbocycles.